The Hall–Kier alpha value is -6.98. The Morgan fingerprint density at radius 1 is 0.508 bits per heavy atom. The van der Waals surface area contributed by atoms with Gasteiger partial charge in [0, 0.05) is 12.8 Å². The van der Waals surface area contributed by atoms with E-state index in [9.17, 15) is 73.5 Å². The molecule has 14 N–H and O–H groups in total. The van der Waals surface area contributed by atoms with Gasteiger partial charge in [0.2, 0.25) is 41.4 Å². The molecule has 0 fully saturated rings. The lowest BCUT2D eigenvalue weighted by Crippen LogP contribution is -2.62. The van der Waals surface area contributed by atoms with E-state index in [1.807, 2.05) is 0 Å². The predicted molar refractivity (Wildman–Crippen MR) is 228 cm³/mol. The van der Waals surface area contributed by atoms with Gasteiger partial charge in [-0.1, -0.05) is 74.5 Å². The third-order valence-corrected chi connectivity index (χ3v) is 9.52. The number of aliphatic carboxylic acids is 3. The van der Waals surface area contributed by atoms with Gasteiger partial charge in [-0.15, -0.1) is 0 Å². The number of rotatable bonds is 27. The van der Waals surface area contributed by atoms with Crippen LogP contribution in [-0.4, -0.2) is 146 Å². The van der Waals surface area contributed by atoms with Crippen molar-refractivity contribution in [3.8, 4) is 0 Å². The number of nitrogens with one attached hydrogen (secondary N) is 7. The summed E-state index contributed by atoms with van der Waals surface area (Å²) in [4.78, 5) is 128. The zero-order valence-corrected chi connectivity index (χ0v) is 36.2. The fourth-order valence-corrected chi connectivity index (χ4v) is 6.08. The predicted octanol–water partition coefficient (Wildman–Crippen LogP) is -3.33. The summed E-state index contributed by atoms with van der Waals surface area (Å²) in [6.45, 7) is 4.85. The number of nitrogens with two attached hydrogens (primary N) is 1. The molecule has 23 heteroatoms. The van der Waals surface area contributed by atoms with Crippen LogP contribution in [0.15, 0.2) is 60.7 Å². The van der Waals surface area contributed by atoms with Crippen molar-refractivity contribution in [2.45, 2.75) is 114 Å². The summed E-state index contributed by atoms with van der Waals surface area (Å²) >= 11 is 0. The first-order valence-corrected chi connectivity index (χ1v) is 20.4. The SMILES string of the molecule is CC(C)C[C@H](NC(=O)[C@@H](NC(=O)[C@H](Cc1ccccc1)NC(=O)[C@@H](N)CO)[C@H](C)O)C(=O)N[C@@H](CC(=O)O)C(=O)N[C@@H](C)C(=O)N[C@@H](CC(=O)O)C(=O)N[C@@H](Cc1ccccc1)C(=O)O. The zero-order valence-electron chi connectivity index (χ0n) is 36.2. The van der Waals surface area contributed by atoms with E-state index in [0.717, 1.165) is 13.8 Å². The van der Waals surface area contributed by atoms with Crippen molar-refractivity contribution in [1.82, 2.24) is 37.2 Å². The van der Waals surface area contributed by atoms with E-state index in [0.29, 0.717) is 11.1 Å². The van der Waals surface area contributed by atoms with Crippen molar-refractivity contribution >= 4 is 59.3 Å². The topological polar surface area (TPSA) is 382 Å². The van der Waals surface area contributed by atoms with Crippen LogP contribution >= 0.6 is 0 Å². The quantitative estimate of drug-likeness (QED) is 0.0417. The van der Waals surface area contributed by atoms with Crippen molar-refractivity contribution in [3.63, 3.8) is 0 Å². The molecule has 0 saturated heterocycles. The lowest BCUT2D eigenvalue weighted by atomic mass is 10.0. The minimum absolute atomic E-state index is 0.100. The van der Waals surface area contributed by atoms with Crippen LogP contribution in [-0.2, 0) is 60.8 Å². The summed E-state index contributed by atoms with van der Waals surface area (Å²) in [7, 11) is 0. The number of hydrogen-bond acceptors (Lipinski definition) is 13. The third-order valence-electron chi connectivity index (χ3n) is 9.52. The molecule has 2 aromatic carbocycles. The average Bonchev–Trinajstić information content (AvgIpc) is 3.23. The molecule has 7 amide bonds. The normalized spacial score (nSPS) is 15.1. The Morgan fingerprint density at radius 3 is 1.35 bits per heavy atom. The average molecular weight is 915 g/mol. The monoisotopic (exact) mass is 914 g/mol. The summed E-state index contributed by atoms with van der Waals surface area (Å²) in [5, 5.41) is 64.6. The second kappa shape index (κ2) is 26.6. The first kappa shape index (κ1) is 54.2. The maximum absolute atomic E-state index is 13.7. The summed E-state index contributed by atoms with van der Waals surface area (Å²) in [6, 6.07) is 3.71. The summed E-state index contributed by atoms with van der Waals surface area (Å²) in [5.74, 6) is -12.5. The highest BCUT2D eigenvalue weighted by Crippen LogP contribution is 2.10. The van der Waals surface area contributed by atoms with E-state index >= 15 is 0 Å². The van der Waals surface area contributed by atoms with Gasteiger partial charge in [-0.25, -0.2) is 4.79 Å². The smallest absolute Gasteiger partial charge is 0.326 e. The van der Waals surface area contributed by atoms with E-state index in [2.05, 4.69) is 37.2 Å². The number of hydrogen-bond donors (Lipinski definition) is 13. The molecule has 0 saturated carbocycles. The van der Waals surface area contributed by atoms with Gasteiger partial charge in [0.1, 0.15) is 48.3 Å². The molecule has 0 bridgehead atoms. The van der Waals surface area contributed by atoms with Gasteiger partial charge in [0.05, 0.1) is 25.6 Å². The molecular formula is C42H58N8O15. The van der Waals surface area contributed by atoms with Crippen LogP contribution < -0.4 is 43.0 Å². The third kappa shape index (κ3) is 19.1. The highest BCUT2D eigenvalue weighted by Gasteiger charge is 2.36. The molecule has 0 radical (unpaired) electrons. The molecule has 2 aromatic rings. The van der Waals surface area contributed by atoms with Gasteiger partial charge >= 0.3 is 17.9 Å². The molecule has 0 unspecified atom stereocenters. The molecule has 0 spiro atoms. The Balaban J connectivity index is 2.24. The highest BCUT2D eigenvalue weighted by atomic mass is 16.4. The fraction of sp³-hybridized carbons (Fsp3) is 0.476. The van der Waals surface area contributed by atoms with Crippen LogP contribution in [0.1, 0.15) is 58.1 Å². The van der Waals surface area contributed by atoms with E-state index in [1.54, 1.807) is 74.5 Å². The number of aliphatic hydroxyl groups excluding tert-OH is 2. The maximum Gasteiger partial charge on any atom is 0.326 e. The molecule has 356 valence electrons. The van der Waals surface area contributed by atoms with Crippen molar-refractivity contribution in [1.29, 1.82) is 0 Å². The van der Waals surface area contributed by atoms with Gasteiger partial charge in [-0.3, -0.25) is 43.2 Å². The van der Waals surface area contributed by atoms with Gasteiger partial charge in [0.15, 0.2) is 0 Å². The minimum atomic E-state index is -1.89. The Kier molecular flexibility index (Phi) is 22.2. The van der Waals surface area contributed by atoms with E-state index in [-0.39, 0.29) is 25.2 Å². The number of carboxylic acid groups (broad SMARTS) is 3. The first-order valence-electron chi connectivity index (χ1n) is 20.4. The van der Waals surface area contributed by atoms with Gasteiger partial charge in [0.25, 0.3) is 0 Å². The second-order valence-electron chi connectivity index (χ2n) is 15.6. The molecule has 2 rings (SSSR count). The number of aliphatic hydroxyl groups is 2. The van der Waals surface area contributed by atoms with Crippen molar-refractivity contribution in [2.24, 2.45) is 11.7 Å². The lowest BCUT2D eigenvalue weighted by Gasteiger charge is -2.28. The maximum atomic E-state index is 13.7. The standard InChI is InChI=1S/C42H58N8O15/c1-21(2)15-27(48-41(63)34(23(4)52)50-40(62)28(46-36(58)26(43)20-51)16-24-11-7-5-8-12-24)38(60)47-29(18-32(53)54)37(59)44-22(3)35(57)45-30(19-33(55)56)39(61)49-31(42(64)65)17-25-13-9-6-10-14-25/h5-14,21-23,26-31,34,51-52H,15-20,43H2,1-4H3,(H,44,59)(H,45,57)(H,46,58)(H,47,60)(H,48,63)(H,49,61)(H,50,62)(H,53,54)(H,55,56)(H,64,65)/t22-,23-,26-,27-,28-,29-,30-,31-,34-/m0/s1. The van der Waals surface area contributed by atoms with Crippen LogP contribution in [0.5, 0.6) is 0 Å². The fourth-order valence-electron chi connectivity index (χ4n) is 6.08. The lowest BCUT2D eigenvalue weighted by molar-refractivity contribution is -0.143. The summed E-state index contributed by atoms with van der Waals surface area (Å²) in [6.07, 6.45) is -4.04. The van der Waals surface area contributed by atoms with Crippen LogP contribution in [0.25, 0.3) is 0 Å². The van der Waals surface area contributed by atoms with E-state index in [4.69, 9.17) is 5.73 Å². The van der Waals surface area contributed by atoms with Crippen LogP contribution in [0.4, 0.5) is 0 Å². The first-order chi connectivity index (χ1) is 30.5. The van der Waals surface area contributed by atoms with Crippen LogP contribution in [0.2, 0.25) is 0 Å². The molecule has 0 heterocycles. The minimum Gasteiger partial charge on any atom is -0.481 e. The molecule has 0 aliphatic heterocycles. The number of amides is 7. The van der Waals surface area contributed by atoms with E-state index in [1.165, 1.54) is 0 Å². The van der Waals surface area contributed by atoms with Gasteiger partial charge < -0.3 is 68.5 Å². The van der Waals surface area contributed by atoms with Gasteiger partial charge in [-0.05, 0) is 37.3 Å². The Morgan fingerprint density at radius 2 is 0.908 bits per heavy atom. The molecule has 65 heavy (non-hydrogen) atoms. The molecule has 23 nitrogen and oxygen atoms in total. The molecule has 0 aromatic heterocycles. The molecule has 0 aliphatic rings. The van der Waals surface area contributed by atoms with Gasteiger partial charge in [-0.2, -0.15) is 0 Å². The Labute approximate surface area is 373 Å². The van der Waals surface area contributed by atoms with Crippen molar-refractivity contribution in [2.75, 3.05) is 6.61 Å². The summed E-state index contributed by atoms with van der Waals surface area (Å²) in [5.41, 5.74) is 6.73. The van der Waals surface area contributed by atoms with Crippen LogP contribution in [0, 0.1) is 5.92 Å². The van der Waals surface area contributed by atoms with Crippen LogP contribution in [0.3, 0.4) is 0 Å². The number of carbonyl (C=O) groups excluding carboxylic acids is 7. The number of benzene rings is 2. The Bertz CT molecular complexity index is 1990. The highest BCUT2D eigenvalue weighted by molar-refractivity contribution is 5.99. The summed E-state index contributed by atoms with van der Waals surface area (Å²) < 4.78 is 0. The largest absolute Gasteiger partial charge is 0.481 e. The zero-order chi connectivity index (χ0) is 49.0. The molecule has 0 aliphatic carbocycles. The number of carbonyl (C=O) groups is 10. The molecular weight excluding hydrogens is 857 g/mol. The second-order valence-corrected chi connectivity index (χ2v) is 15.6. The van der Waals surface area contributed by atoms with Crippen molar-refractivity contribution in [3.05, 3.63) is 71.8 Å². The number of carboxylic acids is 3. The van der Waals surface area contributed by atoms with E-state index < -0.39 is 133 Å². The molecule has 9 atom stereocenters. The van der Waals surface area contributed by atoms with Crippen molar-refractivity contribution < 1.29 is 73.5 Å².